The molecule has 2 aromatic carbocycles. The molecular weight excluding hydrogens is 374 g/mol. The number of benzene rings is 2. The molecule has 0 bridgehead atoms. The van der Waals surface area contributed by atoms with Gasteiger partial charge in [-0.2, -0.15) is 0 Å². The van der Waals surface area contributed by atoms with Crippen molar-refractivity contribution in [2.24, 2.45) is 0 Å². The monoisotopic (exact) mass is 401 g/mol. The SMILES string of the molecule is CNS(=O)(=O)c1ccc(C)c(NC(=O)N2CCCCC2Cc2ccccc2)c1. The predicted octanol–water partition coefficient (Wildman–Crippen LogP) is 3.53. The van der Waals surface area contributed by atoms with E-state index in [1.807, 2.05) is 30.0 Å². The summed E-state index contributed by atoms with van der Waals surface area (Å²) in [5.41, 5.74) is 2.55. The molecule has 0 saturated carbocycles. The molecule has 1 fully saturated rings. The number of sulfonamides is 1. The number of carbonyl (C=O) groups is 1. The van der Waals surface area contributed by atoms with Crippen molar-refractivity contribution < 1.29 is 13.2 Å². The highest BCUT2D eigenvalue weighted by atomic mass is 32.2. The highest BCUT2D eigenvalue weighted by Gasteiger charge is 2.27. The molecule has 28 heavy (non-hydrogen) atoms. The average molecular weight is 402 g/mol. The summed E-state index contributed by atoms with van der Waals surface area (Å²) in [7, 11) is -2.19. The Kier molecular flexibility index (Phi) is 6.36. The van der Waals surface area contributed by atoms with Crippen LogP contribution in [0.4, 0.5) is 10.5 Å². The molecule has 2 aromatic rings. The maximum absolute atomic E-state index is 13.0. The van der Waals surface area contributed by atoms with Crippen LogP contribution in [0.3, 0.4) is 0 Å². The van der Waals surface area contributed by atoms with Crippen LogP contribution in [0.25, 0.3) is 0 Å². The number of likely N-dealkylation sites (tertiary alicyclic amines) is 1. The van der Waals surface area contributed by atoms with E-state index in [9.17, 15) is 13.2 Å². The molecule has 1 saturated heterocycles. The number of nitrogens with zero attached hydrogens (tertiary/aromatic N) is 1. The van der Waals surface area contributed by atoms with Crippen molar-refractivity contribution in [3.05, 3.63) is 59.7 Å². The van der Waals surface area contributed by atoms with Gasteiger partial charge in [-0.1, -0.05) is 36.4 Å². The van der Waals surface area contributed by atoms with Crippen LogP contribution < -0.4 is 10.0 Å². The number of urea groups is 1. The van der Waals surface area contributed by atoms with E-state index in [2.05, 4.69) is 22.2 Å². The number of hydrogen-bond donors (Lipinski definition) is 2. The fraction of sp³-hybridized carbons (Fsp3) is 0.381. The van der Waals surface area contributed by atoms with Crippen LogP contribution in [-0.4, -0.2) is 39.0 Å². The average Bonchev–Trinajstić information content (AvgIpc) is 2.70. The Hall–Kier alpha value is -2.38. The fourth-order valence-electron chi connectivity index (χ4n) is 3.57. The van der Waals surface area contributed by atoms with Gasteiger partial charge in [-0.25, -0.2) is 17.9 Å². The van der Waals surface area contributed by atoms with E-state index in [0.29, 0.717) is 12.2 Å². The third-order valence-corrected chi connectivity index (χ3v) is 6.64. The number of carbonyl (C=O) groups excluding carboxylic acids is 1. The van der Waals surface area contributed by atoms with Gasteiger partial charge in [0.1, 0.15) is 0 Å². The molecule has 1 aliphatic heterocycles. The Balaban J connectivity index is 1.78. The molecule has 1 heterocycles. The van der Waals surface area contributed by atoms with Crippen molar-refractivity contribution in [1.29, 1.82) is 0 Å². The van der Waals surface area contributed by atoms with Gasteiger partial charge < -0.3 is 10.2 Å². The van der Waals surface area contributed by atoms with Crippen LogP contribution >= 0.6 is 0 Å². The molecular formula is C21H27N3O3S. The van der Waals surface area contributed by atoms with Crippen LogP contribution in [-0.2, 0) is 16.4 Å². The molecule has 1 atom stereocenters. The molecule has 0 spiro atoms. The third-order valence-electron chi connectivity index (χ3n) is 5.23. The predicted molar refractivity (Wildman–Crippen MR) is 111 cm³/mol. The largest absolute Gasteiger partial charge is 0.322 e. The molecule has 7 heteroatoms. The van der Waals surface area contributed by atoms with Gasteiger partial charge in [-0.15, -0.1) is 0 Å². The Morgan fingerprint density at radius 3 is 2.61 bits per heavy atom. The highest BCUT2D eigenvalue weighted by molar-refractivity contribution is 7.89. The summed E-state index contributed by atoms with van der Waals surface area (Å²) < 4.78 is 26.5. The summed E-state index contributed by atoms with van der Waals surface area (Å²) in [6.07, 6.45) is 3.87. The molecule has 2 amide bonds. The Morgan fingerprint density at radius 2 is 1.89 bits per heavy atom. The maximum atomic E-state index is 13.0. The van der Waals surface area contributed by atoms with Gasteiger partial charge in [0.05, 0.1) is 4.90 Å². The lowest BCUT2D eigenvalue weighted by Gasteiger charge is -2.36. The molecule has 1 unspecified atom stereocenters. The van der Waals surface area contributed by atoms with E-state index in [-0.39, 0.29) is 17.0 Å². The van der Waals surface area contributed by atoms with Gasteiger partial charge in [0.2, 0.25) is 10.0 Å². The lowest BCUT2D eigenvalue weighted by atomic mass is 9.96. The summed E-state index contributed by atoms with van der Waals surface area (Å²) in [4.78, 5) is 15.0. The zero-order chi connectivity index (χ0) is 20.1. The second-order valence-corrected chi connectivity index (χ2v) is 9.03. The van der Waals surface area contributed by atoms with Crippen molar-refractivity contribution in [1.82, 2.24) is 9.62 Å². The van der Waals surface area contributed by atoms with Gasteiger partial charge in [0.15, 0.2) is 0 Å². The number of hydrogen-bond acceptors (Lipinski definition) is 3. The minimum atomic E-state index is -3.56. The Bertz CT molecular complexity index is 929. The van der Waals surface area contributed by atoms with Gasteiger partial charge in [-0.3, -0.25) is 0 Å². The fourth-order valence-corrected chi connectivity index (χ4v) is 4.33. The lowest BCUT2D eigenvalue weighted by molar-refractivity contribution is 0.162. The normalized spacial score (nSPS) is 17.4. The number of anilines is 1. The molecule has 1 aliphatic rings. The van der Waals surface area contributed by atoms with E-state index in [0.717, 1.165) is 31.2 Å². The molecule has 150 valence electrons. The zero-order valence-corrected chi connectivity index (χ0v) is 17.1. The minimum absolute atomic E-state index is 0.135. The van der Waals surface area contributed by atoms with Gasteiger partial charge in [0, 0.05) is 18.3 Å². The van der Waals surface area contributed by atoms with Crippen molar-refractivity contribution >= 4 is 21.7 Å². The van der Waals surface area contributed by atoms with E-state index in [1.54, 1.807) is 6.07 Å². The van der Waals surface area contributed by atoms with Crippen LogP contribution in [0.5, 0.6) is 0 Å². The molecule has 6 nitrogen and oxygen atoms in total. The zero-order valence-electron chi connectivity index (χ0n) is 16.3. The van der Waals surface area contributed by atoms with Crippen LogP contribution in [0.2, 0.25) is 0 Å². The Morgan fingerprint density at radius 1 is 1.14 bits per heavy atom. The van der Waals surface area contributed by atoms with Crippen molar-refractivity contribution in [3.63, 3.8) is 0 Å². The smallest absolute Gasteiger partial charge is 0.321 e. The first-order valence-electron chi connectivity index (χ1n) is 9.56. The summed E-state index contributed by atoms with van der Waals surface area (Å²) in [5.74, 6) is 0. The number of amides is 2. The van der Waals surface area contributed by atoms with Gasteiger partial charge in [0.25, 0.3) is 0 Å². The van der Waals surface area contributed by atoms with Crippen LogP contribution in [0, 0.1) is 6.92 Å². The Labute approximate surface area is 167 Å². The maximum Gasteiger partial charge on any atom is 0.322 e. The first-order chi connectivity index (χ1) is 13.4. The minimum Gasteiger partial charge on any atom is -0.321 e. The lowest BCUT2D eigenvalue weighted by Crippen LogP contribution is -2.47. The van der Waals surface area contributed by atoms with Crippen LogP contribution in [0.1, 0.15) is 30.4 Å². The summed E-state index contributed by atoms with van der Waals surface area (Å²) in [5, 5.41) is 2.93. The van der Waals surface area contributed by atoms with E-state index in [4.69, 9.17) is 0 Å². The van der Waals surface area contributed by atoms with Gasteiger partial charge in [-0.05, 0) is 62.9 Å². The standard InChI is InChI=1S/C21H27N3O3S/c1-16-11-12-19(28(26,27)22-2)15-20(16)23-21(25)24-13-7-6-10-18(24)14-17-8-4-3-5-9-17/h3-5,8-9,11-12,15,18,22H,6-7,10,13-14H2,1-2H3,(H,23,25). The first-order valence-corrected chi connectivity index (χ1v) is 11.0. The third kappa shape index (κ3) is 4.72. The molecule has 0 aliphatic carbocycles. The topological polar surface area (TPSA) is 78.5 Å². The van der Waals surface area contributed by atoms with E-state index in [1.165, 1.54) is 24.7 Å². The van der Waals surface area contributed by atoms with Crippen molar-refractivity contribution in [2.45, 2.75) is 43.5 Å². The van der Waals surface area contributed by atoms with Crippen LogP contribution in [0.15, 0.2) is 53.4 Å². The van der Waals surface area contributed by atoms with E-state index < -0.39 is 10.0 Å². The number of rotatable bonds is 5. The first kappa shape index (κ1) is 20.4. The molecule has 2 N–H and O–H groups in total. The molecule has 3 rings (SSSR count). The highest BCUT2D eigenvalue weighted by Crippen LogP contribution is 2.24. The summed E-state index contributed by atoms with van der Waals surface area (Å²) in [6.45, 7) is 2.56. The summed E-state index contributed by atoms with van der Waals surface area (Å²) in [6, 6.07) is 14.9. The molecule has 0 aromatic heterocycles. The summed E-state index contributed by atoms with van der Waals surface area (Å²) >= 11 is 0. The van der Waals surface area contributed by atoms with Crippen molar-refractivity contribution in [3.8, 4) is 0 Å². The second kappa shape index (κ2) is 8.75. The van der Waals surface area contributed by atoms with Gasteiger partial charge >= 0.3 is 6.03 Å². The quantitative estimate of drug-likeness (QED) is 0.804. The number of aryl methyl sites for hydroxylation is 1. The number of nitrogens with one attached hydrogen (secondary N) is 2. The van der Waals surface area contributed by atoms with Crippen molar-refractivity contribution in [2.75, 3.05) is 18.9 Å². The number of piperidine rings is 1. The second-order valence-electron chi connectivity index (χ2n) is 7.15. The van der Waals surface area contributed by atoms with E-state index >= 15 is 0 Å². The molecule has 0 radical (unpaired) electrons.